The zero-order valence-corrected chi connectivity index (χ0v) is 8.21. The van der Waals surface area contributed by atoms with Crippen LogP contribution in [-0.4, -0.2) is 17.0 Å². The van der Waals surface area contributed by atoms with Gasteiger partial charge in [-0.1, -0.05) is 6.07 Å². The molecule has 1 aromatic carbocycles. The largest absolute Gasteiger partial charge is 0.480 e. The van der Waals surface area contributed by atoms with E-state index in [9.17, 15) is 22.8 Å². The highest BCUT2D eigenvalue weighted by atomic mass is 19.4. The summed E-state index contributed by atoms with van der Waals surface area (Å²) in [6.07, 6.45) is -4.53. The Morgan fingerprint density at radius 2 is 2.00 bits per heavy atom. The van der Waals surface area contributed by atoms with Gasteiger partial charge >= 0.3 is 12.1 Å². The number of nitrogens with one attached hydrogen (secondary N) is 1. The van der Waals surface area contributed by atoms with Gasteiger partial charge in [-0.2, -0.15) is 13.2 Å². The second-order valence-electron chi connectivity index (χ2n) is 3.56. The van der Waals surface area contributed by atoms with Crippen molar-refractivity contribution in [3.05, 3.63) is 29.3 Å². The topological polar surface area (TPSA) is 66.4 Å². The maximum Gasteiger partial charge on any atom is 0.416 e. The number of halogens is 3. The number of carboxylic acids is 1. The van der Waals surface area contributed by atoms with Crippen LogP contribution in [0.3, 0.4) is 0 Å². The van der Waals surface area contributed by atoms with Crippen LogP contribution < -0.4 is 5.32 Å². The lowest BCUT2D eigenvalue weighted by molar-refractivity contribution is -0.141. The summed E-state index contributed by atoms with van der Waals surface area (Å²) in [6.45, 7) is 0. The molecule has 0 radical (unpaired) electrons. The monoisotopic (exact) mass is 245 g/mol. The zero-order chi connectivity index (χ0) is 12.8. The molecule has 0 bridgehead atoms. The third kappa shape index (κ3) is 1.83. The van der Waals surface area contributed by atoms with Gasteiger partial charge in [0, 0.05) is 5.69 Å². The number of carbonyl (C=O) groups excluding carboxylic acids is 1. The molecule has 1 aliphatic heterocycles. The van der Waals surface area contributed by atoms with Crippen LogP contribution in [0.5, 0.6) is 0 Å². The van der Waals surface area contributed by atoms with Crippen molar-refractivity contribution in [2.24, 2.45) is 0 Å². The third-order valence-electron chi connectivity index (χ3n) is 2.46. The minimum atomic E-state index is -4.53. The Hall–Kier alpha value is -2.05. The predicted octanol–water partition coefficient (Wildman–Crippen LogP) is 1.83. The Kier molecular flexibility index (Phi) is 2.34. The van der Waals surface area contributed by atoms with E-state index in [2.05, 4.69) is 5.32 Å². The fraction of sp³-hybridized carbons (Fsp3) is 0.200. The van der Waals surface area contributed by atoms with Crippen molar-refractivity contribution >= 4 is 17.6 Å². The number of rotatable bonds is 1. The summed E-state index contributed by atoms with van der Waals surface area (Å²) in [5.41, 5.74) is -0.977. The lowest BCUT2D eigenvalue weighted by Crippen LogP contribution is -2.20. The molecule has 0 aliphatic carbocycles. The average molecular weight is 245 g/mol. The van der Waals surface area contributed by atoms with Gasteiger partial charge in [0.2, 0.25) is 5.91 Å². The summed E-state index contributed by atoms with van der Waals surface area (Å²) >= 11 is 0. The van der Waals surface area contributed by atoms with Crippen LogP contribution in [0.4, 0.5) is 18.9 Å². The van der Waals surface area contributed by atoms with Gasteiger partial charge in [-0.05, 0) is 17.7 Å². The predicted molar refractivity (Wildman–Crippen MR) is 50.5 cm³/mol. The number of hydrogen-bond donors (Lipinski definition) is 2. The van der Waals surface area contributed by atoms with Gasteiger partial charge in [-0.3, -0.25) is 9.59 Å². The Balaban J connectivity index is 2.48. The van der Waals surface area contributed by atoms with Gasteiger partial charge in [-0.25, -0.2) is 0 Å². The minimum Gasteiger partial charge on any atom is -0.480 e. The molecule has 0 saturated heterocycles. The molecule has 1 aromatic rings. The Morgan fingerprint density at radius 1 is 1.35 bits per heavy atom. The molecule has 0 saturated carbocycles. The van der Waals surface area contributed by atoms with E-state index >= 15 is 0 Å². The minimum absolute atomic E-state index is 0.0514. The van der Waals surface area contributed by atoms with Crippen molar-refractivity contribution in [1.82, 2.24) is 0 Å². The summed E-state index contributed by atoms with van der Waals surface area (Å²) in [6, 6.07) is 2.50. The molecule has 1 amide bonds. The highest BCUT2D eigenvalue weighted by molar-refractivity contribution is 6.14. The molecule has 1 heterocycles. The first-order valence-electron chi connectivity index (χ1n) is 4.55. The van der Waals surface area contributed by atoms with Crippen LogP contribution in [0.15, 0.2) is 18.2 Å². The van der Waals surface area contributed by atoms with Gasteiger partial charge in [-0.15, -0.1) is 0 Å². The molecule has 0 spiro atoms. The Morgan fingerprint density at radius 3 is 2.53 bits per heavy atom. The number of benzene rings is 1. The Labute approximate surface area is 93.0 Å². The summed E-state index contributed by atoms with van der Waals surface area (Å²) < 4.78 is 37.1. The number of amides is 1. The van der Waals surface area contributed by atoms with Crippen LogP contribution in [-0.2, 0) is 15.8 Å². The molecule has 2 rings (SSSR count). The van der Waals surface area contributed by atoms with Crippen molar-refractivity contribution in [2.75, 3.05) is 5.32 Å². The zero-order valence-electron chi connectivity index (χ0n) is 8.21. The SMILES string of the molecule is O=C(O)C1C(=O)Nc2cc(C(F)(F)F)ccc21. The lowest BCUT2D eigenvalue weighted by atomic mass is 9.99. The van der Waals surface area contributed by atoms with E-state index in [1.54, 1.807) is 0 Å². The van der Waals surface area contributed by atoms with Gasteiger partial charge in [0.05, 0.1) is 5.56 Å². The fourth-order valence-corrected chi connectivity index (χ4v) is 1.68. The first-order chi connectivity index (χ1) is 7.80. The maximum absolute atomic E-state index is 12.4. The Bertz CT molecular complexity index is 510. The molecule has 1 unspecified atom stereocenters. The standard InChI is InChI=1S/C10H6F3NO3/c11-10(12,13)4-1-2-5-6(3-4)14-8(15)7(5)9(16)17/h1-3,7H,(H,14,15)(H,16,17). The molecule has 2 N–H and O–H groups in total. The number of carbonyl (C=O) groups is 2. The highest BCUT2D eigenvalue weighted by Crippen LogP contribution is 2.37. The number of hydrogen-bond acceptors (Lipinski definition) is 2. The third-order valence-corrected chi connectivity index (χ3v) is 2.46. The van der Waals surface area contributed by atoms with Gasteiger partial charge in [0.15, 0.2) is 5.92 Å². The molecule has 0 aromatic heterocycles. The molecule has 90 valence electrons. The normalized spacial score (nSPS) is 18.8. The second-order valence-corrected chi connectivity index (χ2v) is 3.56. The van der Waals surface area contributed by atoms with Crippen molar-refractivity contribution in [1.29, 1.82) is 0 Å². The van der Waals surface area contributed by atoms with Crippen LogP contribution >= 0.6 is 0 Å². The van der Waals surface area contributed by atoms with Crippen LogP contribution in [0.2, 0.25) is 0 Å². The van der Waals surface area contributed by atoms with E-state index < -0.39 is 29.5 Å². The van der Waals surface area contributed by atoms with Crippen LogP contribution in [0, 0.1) is 0 Å². The quantitative estimate of drug-likeness (QED) is 0.741. The van der Waals surface area contributed by atoms with Crippen molar-refractivity contribution < 1.29 is 27.9 Å². The fourth-order valence-electron chi connectivity index (χ4n) is 1.68. The maximum atomic E-state index is 12.4. The molecule has 1 atom stereocenters. The van der Waals surface area contributed by atoms with Crippen molar-refractivity contribution in [2.45, 2.75) is 12.1 Å². The number of aliphatic carboxylic acids is 1. The number of alkyl halides is 3. The van der Waals surface area contributed by atoms with E-state index in [4.69, 9.17) is 5.11 Å². The first-order valence-corrected chi connectivity index (χ1v) is 4.55. The smallest absolute Gasteiger partial charge is 0.416 e. The van der Waals surface area contributed by atoms with Crippen molar-refractivity contribution in [3.63, 3.8) is 0 Å². The van der Waals surface area contributed by atoms with Crippen LogP contribution in [0.1, 0.15) is 17.0 Å². The molecule has 4 nitrogen and oxygen atoms in total. The number of fused-ring (bicyclic) bond motifs is 1. The lowest BCUT2D eigenvalue weighted by Gasteiger charge is -2.08. The number of carboxylic acid groups (broad SMARTS) is 1. The second kappa shape index (κ2) is 3.47. The summed E-state index contributed by atoms with van der Waals surface area (Å²) in [7, 11) is 0. The molecule has 0 fully saturated rings. The van der Waals surface area contributed by atoms with Gasteiger partial charge in [0.1, 0.15) is 0 Å². The molecule has 17 heavy (non-hydrogen) atoms. The van der Waals surface area contributed by atoms with E-state index in [-0.39, 0.29) is 11.3 Å². The molecule has 7 heteroatoms. The summed E-state index contributed by atoms with van der Waals surface area (Å²) in [5.74, 6) is -3.65. The first kappa shape index (κ1) is 11.4. The highest BCUT2D eigenvalue weighted by Gasteiger charge is 2.39. The number of anilines is 1. The average Bonchev–Trinajstić information content (AvgIpc) is 2.50. The van der Waals surface area contributed by atoms with E-state index in [1.807, 2.05) is 0 Å². The van der Waals surface area contributed by atoms with E-state index in [1.165, 1.54) is 0 Å². The van der Waals surface area contributed by atoms with Gasteiger partial charge in [0.25, 0.3) is 0 Å². The van der Waals surface area contributed by atoms with Gasteiger partial charge < -0.3 is 10.4 Å². The molecular weight excluding hydrogens is 239 g/mol. The summed E-state index contributed by atoms with van der Waals surface area (Å²) in [5, 5.41) is 10.9. The molecule has 1 aliphatic rings. The van der Waals surface area contributed by atoms with E-state index in [0.717, 1.165) is 18.2 Å². The van der Waals surface area contributed by atoms with E-state index in [0.29, 0.717) is 0 Å². The summed E-state index contributed by atoms with van der Waals surface area (Å²) in [4.78, 5) is 22.0. The van der Waals surface area contributed by atoms with Crippen LogP contribution in [0.25, 0.3) is 0 Å². The van der Waals surface area contributed by atoms with Crippen molar-refractivity contribution in [3.8, 4) is 0 Å². The molecular formula is C10H6F3NO3.